The Balaban J connectivity index is 1.13. The van der Waals surface area contributed by atoms with Gasteiger partial charge in [0.1, 0.15) is 0 Å². The van der Waals surface area contributed by atoms with Gasteiger partial charge in [-0.05, 0) is 86.2 Å². The predicted molar refractivity (Wildman–Crippen MR) is 206 cm³/mol. The van der Waals surface area contributed by atoms with E-state index < -0.39 is 0 Å². The maximum atomic E-state index is 5.01. The molecule has 0 N–H and O–H groups in total. The van der Waals surface area contributed by atoms with Crippen LogP contribution in [0.2, 0.25) is 0 Å². The number of hydrogen-bond acceptors (Lipinski definition) is 6. The van der Waals surface area contributed by atoms with E-state index in [1.54, 1.807) is 12.3 Å². The van der Waals surface area contributed by atoms with Crippen molar-refractivity contribution < 1.29 is 0 Å². The smallest absolute Gasteiger partial charge is 0.159 e. The fourth-order valence-electron chi connectivity index (χ4n) is 6.68. The van der Waals surface area contributed by atoms with Crippen LogP contribution < -0.4 is 0 Å². The van der Waals surface area contributed by atoms with Gasteiger partial charge in [-0.2, -0.15) is 0 Å². The van der Waals surface area contributed by atoms with Gasteiger partial charge in [-0.15, -0.1) is 0 Å². The number of aromatic nitrogens is 5. The molecule has 0 aliphatic carbocycles. The van der Waals surface area contributed by atoms with Crippen molar-refractivity contribution in [2.24, 2.45) is 4.99 Å². The molecule has 0 amide bonds. The molecule has 50 heavy (non-hydrogen) atoms. The number of hydrogen-bond donors (Lipinski definition) is 0. The molecule has 9 rings (SSSR count). The third-order valence-electron chi connectivity index (χ3n) is 9.07. The lowest BCUT2D eigenvalue weighted by Crippen LogP contribution is -1.93. The Labute approximate surface area is 288 Å². The van der Waals surface area contributed by atoms with Crippen molar-refractivity contribution in [1.82, 2.24) is 24.9 Å². The Hall–Kier alpha value is -6.92. The summed E-state index contributed by atoms with van der Waals surface area (Å²) in [5, 5.41) is 9.20. The summed E-state index contributed by atoms with van der Waals surface area (Å²) in [5.41, 5.74) is 6.50. The Morgan fingerprint density at radius 3 is 1.76 bits per heavy atom. The van der Waals surface area contributed by atoms with Crippen molar-refractivity contribution in [2.75, 3.05) is 0 Å². The van der Waals surface area contributed by atoms with E-state index >= 15 is 0 Å². The molecule has 3 aromatic heterocycles. The topological polar surface area (TPSA) is 76.8 Å². The van der Waals surface area contributed by atoms with Crippen LogP contribution in [-0.2, 0) is 0 Å². The molecule has 234 valence electrons. The minimum atomic E-state index is 0.670. The van der Waals surface area contributed by atoms with Gasteiger partial charge in [0.2, 0.25) is 0 Å². The molecule has 0 aliphatic rings. The molecular weight excluding hydrogens is 613 g/mol. The van der Waals surface area contributed by atoms with Gasteiger partial charge in [0.05, 0.1) is 17.1 Å². The van der Waals surface area contributed by atoms with E-state index in [1.807, 2.05) is 67.3 Å². The van der Waals surface area contributed by atoms with E-state index in [1.165, 1.54) is 21.5 Å². The fourth-order valence-corrected chi connectivity index (χ4v) is 6.68. The summed E-state index contributed by atoms with van der Waals surface area (Å²) in [7, 11) is 0. The highest BCUT2D eigenvalue weighted by Crippen LogP contribution is 2.38. The molecular formula is C44H28N6. The van der Waals surface area contributed by atoms with Gasteiger partial charge < -0.3 is 0 Å². The largest absolute Gasteiger partial charge is 0.264 e. The summed E-state index contributed by atoms with van der Waals surface area (Å²) in [5.74, 6) is 1.36. The van der Waals surface area contributed by atoms with Crippen molar-refractivity contribution in [1.29, 1.82) is 0 Å². The molecule has 0 bridgehead atoms. The third-order valence-corrected chi connectivity index (χ3v) is 9.07. The van der Waals surface area contributed by atoms with Crippen LogP contribution >= 0.6 is 0 Å². The van der Waals surface area contributed by atoms with Gasteiger partial charge in [0.15, 0.2) is 11.6 Å². The first-order chi connectivity index (χ1) is 24.7. The quantitative estimate of drug-likeness (QED) is 0.133. The summed E-state index contributed by atoms with van der Waals surface area (Å²) in [6.07, 6.45) is 10.7. The highest BCUT2D eigenvalue weighted by molar-refractivity contribution is 6.26. The molecule has 0 spiro atoms. The molecule has 0 saturated heterocycles. The molecule has 6 nitrogen and oxygen atoms in total. The highest BCUT2D eigenvalue weighted by atomic mass is 14.9. The second-order valence-corrected chi connectivity index (χ2v) is 12.1. The molecule has 0 atom stereocenters. The standard InChI is InChI=1S/C44H28N6/c1-2-19-46-34-7-5-6-29(24-34)41-17-21-47-43(49-41)31-12-14-37-38-15-13-32(26-40(38)36-9-4-3-8-35(36)39(37)25-31)44-48-22-18-42(50-44)30-10-11-33-27-45-20-16-28(33)23-30/h2-27H,1H2. The second kappa shape index (κ2) is 12.3. The third kappa shape index (κ3) is 5.25. The lowest BCUT2D eigenvalue weighted by atomic mass is 9.92. The van der Waals surface area contributed by atoms with Crippen molar-refractivity contribution in [3.05, 3.63) is 159 Å². The minimum Gasteiger partial charge on any atom is -0.264 e. The molecule has 0 saturated carbocycles. The van der Waals surface area contributed by atoms with Gasteiger partial charge in [-0.25, -0.2) is 19.9 Å². The Bertz CT molecular complexity index is 2780. The molecule has 3 heterocycles. The molecule has 6 aromatic carbocycles. The second-order valence-electron chi connectivity index (χ2n) is 12.1. The molecule has 0 unspecified atom stereocenters. The Morgan fingerprint density at radius 2 is 1.10 bits per heavy atom. The number of allylic oxidation sites excluding steroid dienone is 1. The van der Waals surface area contributed by atoms with Gasteiger partial charge in [-0.1, -0.05) is 85.5 Å². The number of pyridine rings is 1. The van der Waals surface area contributed by atoms with Crippen molar-refractivity contribution in [3.63, 3.8) is 0 Å². The summed E-state index contributed by atoms with van der Waals surface area (Å²) in [6.45, 7) is 3.72. The normalized spacial score (nSPS) is 11.6. The zero-order chi connectivity index (χ0) is 33.4. The maximum absolute atomic E-state index is 5.01. The van der Waals surface area contributed by atoms with Gasteiger partial charge in [0, 0.05) is 58.6 Å². The number of benzene rings is 6. The van der Waals surface area contributed by atoms with Crippen LogP contribution in [0.25, 0.3) is 88.4 Å². The fraction of sp³-hybridized carbons (Fsp3) is 0. The Morgan fingerprint density at radius 1 is 0.480 bits per heavy atom. The van der Waals surface area contributed by atoms with Crippen LogP contribution in [0.5, 0.6) is 0 Å². The highest BCUT2D eigenvalue weighted by Gasteiger charge is 2.14. The lowest BCUT2D eigenvalue weighted by Gasteiger charge is -2.13. The van der Waals surface area contributed by atoms with Crippen molar-refractivity contribution >= 4 is 55.0 Å². The van der Waals surface area contributed by atoms with Crippen LogP contribution in [0.15, 0.2) is 164 Å². The maximum Gasteiger partial charge on any atom is 0.159 e. The zero-order valence-corrected chi connectivity index (χ0v) is 26.9. The van der Waals surface area contributed by atoms with Crippen LogP contribution in [0.3, 0.4) is 0 Å². The van der Waals surface area contributed by atoms with E-state index in [0.717, 1.165) is 60.9 Å². The van der Waals surface area contributed by atoms with E-state index in [-0.39, 0.29) is 0 Å². The number of rotatable bonds is 6. The summed E-state index contributed by atoms with van der Waals surface area (Å²) in [6, 6.07) is 41.8. The van der Waals surface area contributed by atoms with Crippen molar-refractivity contribution in [3.8, 4) is 45.3 Å². The average molecular weight is 641 g/mol. The molecule has 0 fully saturated rings. The monoisotopic (exact) mass is 640 g/mol. The van der Waals surface area contributed by atoms with E-state index in [2.05, 4.69) is 100 Å². The van der Waals surface area contributed by atoms with E-state index in [4.69, 9.17) is 15.0 Å². The summed E-state index contributed by atoms with van der Waals surface area (Å²) in [4.78, 5) is 28.0. The minimum absolute atomic E-state index is 0.670. The average Bonchev–Trinajstić information content (AvgIpc) is 3.20. The van der Waals surface area contributed by atoms with E-state index in [9.17, 15) is 0 Å². The first-order valence-corrected chi connectivity index (χ1v) is 16.4. The zero-order valence-electron chi connectivity index (χ0n) is 26.9. The first-order valence-electron chi connectivity index (χ1n) is 16.4. The number of fused-ring (bicyclic) bond motifs is 7. The van der Waals surface area contributed by atoms with Crippen LogP contribution in [0.4, 0.5) is 5.69 Å². The van der Waals surface area contributed by atoms with Crippen LogP contribution in [0.1, 0.15) is 0 Å². The molecule has 6 heteroatoms. The van der Waals surface area contributed by atoms with Crippen molar-refractivity contribution in [2.45, 2.75) is 0 Å². The van der Waals surface area contributed by atoms with Gasteiger partial charge in [-0.3, -0.25) is 9.98 Å². The molecule has 0 radical (unpaired) electrons. The first kappa shape index (κ1) is 29.2. The van der Waals surface area contributed by atoms with Gasteiger partial charge in [0.25, 0.3) is 0 Å². The number of aliphatic imine (C=N–C) groups is 1. The predicted octanol–water partition coefficient (Wildman–Crippen LogP) is 10.8. The SMILES string of the molecule is C=CC=Nc1cccc(-c2ccnc(-c3ccc4c5ccc(-c6nccc(-c7ccc8cnccc8c7)n6)cc5c5ccccc5c4c3)n2)c1. The lowest BCUT2D eigenvalue weighted by molar-refractivity contribution is 1.18. The molecule has 0 aliphatic heterocycles. The summed E-state index contributed by atoms with van der Waals surface area (Å²) < 4.78 is 0. The molecule has 9 aromatic rings. The Kier molecular flexibility index (Phi) is 7.17. The van der Waals surface area contributed by atoms with Crippen LogP contribution in [-0.4, -0.2) is 31.1 Å². The summed E-state index contributed by atoms with van der Waals surface area (Å²) >= 11 is 0. The van der Waals surface area contributed by atoms with Crippen LogP contribution in [0, 0.1) is 0 Å². The van der Waals surface area contributed by atoms with E-state index in [0.29, 0.717) is 11.6 Å². The van der Waals surface area contributed by atoms with Gasteiger partial charge >= 0.3 is 0 Å². The number of nitrogens with zero attached hydrogens (tertiary/aromatic N) is 6.